The zero-order valence-electron chi connectivity index (χ0n) is 14.9. The Morgan fingerprint density at radius 2 is 2.00 bits per heavy atom. The molecule has 0 saturated carbocycles. The van der Waals surface area contributed by atoms with Crippen LogP contribution in [0.5, 0.6) is 0 Å². The lowest BCUT2D eigenvalue weighted by atomic mass is 9.77. The van der Waals surface area contributed by atoms with Crippen LogP contribution < -0.4 is 4.90 Å². The average molecular weight is 336 g/mol. The molecule has 5 nitrogen and oxygen atoms in total. The maximum Gasteiger partial charge on any atom is 0.253 e. The molecule has 0 radical (unpaired) electrons. The molecule has 2 heterocycles. The number of hydrogen-bond donors (Lipinski definition) is 0. The van der Waals surface area contributed by atoms with Crippen molar-refractivity contribution in [1.29, 1.82) is 0 Å². The monoisotopic (exact) mass is 336 g/mol. The number of amides is 1. The average Bonchev–Trinajstić information content (AvgIpc) is 2.99. The number of fused-ring (bicyclic) bond motifs is 2. The van der Waals surface area contributed by atoms with Crippen molar-refractivity contribution in [3.05, 3.63) is 53.3 Å². The minimum Gasteiger partial charge on any atom is -0.347 e. The molecule has 4 rings (SSSR count). The number of carbonyl (C=O) groups excluding carboxylic acids is 1. The first-order valence-corrected chi connectivity index (χ1v) is 8.97. The van der Waals surface area contributed by atoms with Gasteiger partial charge in [0.1, 0.15) is 0 Å². The molecule has 1 spiro atoms. The van der Waals surface area contributed by atoms with Gasteiger partial charge in [-0.3, -0.25) is 4.79 Å². The zero-order chi connectivity index (χ0) is 17.4. The highest BCUT2D eigenvalue weighted by molar-refractivity contribution is 5.94. The van der Waals surface area contributed by atoms with Crippen LogP contribution in [0.15, 0.2) is 36.5 Å². The molecule has 2 aromatic rings. The summed E-state index contributed by atoms with van der Waals surface area (Å²) < 4.78 is 0. The van der Waals surface area contributed by atoms with Crippen molar-refractivity contribution in [2.75, 3.05) is 32.1 Å². The van der Waals surface area contributed by atoms with Gasteiger partial charge in [-0.2, -0.15) is 0 Å². The summed E-state index contributed by atoms with van der Waals surface area (Å²) in [6, 6.07) is 9.60. The maximum atomic E-state index is 12.9. The predicted molar refractivity (Wildman–Crippen MR) is 97.9 cm³/mol. The molecule has 1 aliphatic heterocycles. The minimum atomic E-state index is -0.00821. The van der Waals surface area contributed by atoms with Gasteiger partial charge in [0.15, 0.2) is 0 Å². The van der Waals surface area contributed by atoms with Crippen molar-refractivity contribution in [3.8, 4) is 0 Å². The van der Waals surface area contributed by atoms with Gasteiger partial charge in [-0.25, -0.2) is 9.97 Å². The lowest BCUT2D eigenvalue weighted by molar-refractivity contribution is 0.0633. The fourth-order valence-corrected chi connectivity index (χ4v) is 4.21. The second-order valence-corrected chi connectivity index (χ2v) is 7.41. The van der Waals surface area contributed by atoms with Crippen LogP contribution in [-0.2, 0) is 11.8 Å². The molecule has 2 aliphatic rings. The van der Waals surface area contributed by atoms with E-state index in [1.54, 1.807) is 0 Å². The number of rotatable bonds is 2. The van der Waals surface area contributed by atoms with Crippen LogP contribution in [0.3, 0.4) is 0 Å². The summed E-state index contributed by atoms with van der Waals surface area (Å²) in [4.78, 5) is 26.2. The molecule has 1 saturated heterocycles. The molecule has 0 bridgehead atoms. The van der Waals surface area contributed by atoms with E-state index < -0.39 is 0 Å². The minimum absolute atomic E-state index is 0.00821. The van der Waals surface area contributed by atoms with E-state index in [1.807, 2.05) is 60.4 Å². The van der Waals surface area contributed by atoms with Crippen molar-refractivity contribution in [3.63, 3.8) is 0 Å². The Morgan fingerprint density at radius 1 is 1.20 bits per heavy atom. The lowest BCUT2D eigenvalue weighted by Gasteiger charge is -2.40. The van der Waals surface area contributed by atoms with E-state index in [4.69, 9.17) is 4.98 Å². The van der Waals surface area contributed by atoms with E-state index in [2.05, 4.69) is 4.98 Å². The topological polar surface area (TPSA) is 49.3 Å². The van der Waals surface area contributed by atoms with Crippen molar-refractivity contribution in [1.82, 2.24) is 14.9 Å². The highest BCUT2D eigenvalue weighted by atomic mass is 16.2. The van der Waals surface area contributed by atoms with E-state index in [9.17, 15) is 4.79 Å². The predicted octanol–water partition coefficient (Wildman–Crippen LogP) is 2.66. The van der Waals surface area contributed by atoms with Gasteiger partial charge in [0.2, 0.25) is 5.95 Å². The Labute approximate surface area is 148 Å². The number of benzene rings is 1. The molecular formula is C20H24N4O. The molecule has 1 aromatic heterocycles. The number of piperidine rings is 1. The van der Waals surface area contributed by atoms with Crippen molar-refractivity contribution in [2.24, 2.45) is 0 Å². The number of anilines is 1. The Bertz CT molecular complexity index is 786. The summed E-state index contributed by atoms with van der Waals surface area (Å²) in [5, 5.41) is 0. The number of likely N-dealkylation sites (tertiary alicyclic amines) is 1. The quantitative estimate of drug-likeness (QED) is 0.846. The summed E-state index contributed by atoms with van der Waals surface area (Å²) in [7, 11) is 3.94. The summed E-state index contributed by atoms with van der Waals surface area (Å²) in [5.74, 6) is 0.890. The highest BCUT2D eigenvalue weighted by Gasteiger charge is 2.44. The lowest BCUT2D eigenvalue weighted by Crippen LogP contribution is -2.48. The van der Waals surface area contributed by atoms with E-state index in [-0.39, 0.29) is 11.3 Å². The Kier molecular flexibility index (Phi) is 3.94. The third-order valence-electron chi connectivity index (χ3n) is 5.51. The van der Waals surface area contributed by atoms with Crippen LogP contribution in [0.25, 0.3) is 0 Å². The Balaban J connectivity index is 1.64. The standard InChI is InChI=1S/C20H24N4O/c1-23(2)19-21-13-16-9-11-20(17(16)22-19)10-6-12-24(14-20)18(25)15-7-4-3-5-8-15/h3-5,7-8,13H,6,9-12,14H2,1-2H3. The fraction of sp³-hybridized carbons (Fsp3) is 0.450. The third kappa shape index (κ3) is 2.77. The molecule has 1 atom stereocenters. The third-order valence-corrected chi connectivity index (χ3v) is 5.51. The van der Waals surface area contributed by atoms with Crippen LogP contribution in [-0.4, -0.2) is 48.0 Å². The molecule has 25 heavy (non-hydrogen) atoms. The van der Waals surface area contributed by atoms with Gasteiger partial charge >= 0.3 is 0 Å². The number of aryl methyl sites for hydroxylation is 1. The molecule has 5 heteroatoms. The van der Waals surface area contributed by atoms with E-state index in [1.165, 1.54) is 5.56 Å². The summed E-state index contributed by atoms with van der Waals surface area (Å²) >= 11 is 0. The van der Waals surface area contributed by atoms with E-state index >= 15 is 0 Å². The molecular weight excluding hydrogens is 312 g/mol. The van der Waals surface area contributed by atoms with E-state index in [0.717, 1.165) is 56.0 Å². The van der Waals surface area contributed by atoms with Gasteiger partial charge in [-0.15, -0.1) is 0 Å². The van der Waals surface area contributed by atoms with Gasteiger partial charge < -0.3 is 9.80 Å². The van der Waals surface area contributed by atoms with Gasteiger partial charge in [0, 0.05) is 44.4 Å². The van der Waals surface area contributed by atoms with Crippen molar-refractivity contribution >= 4 is 11.9 Å². The van der Waals surface area contributed by atoms with Crippen LogP contribution in [0.1, 0.15) is 40.9 Å². The van der Waals surface area contributed by atoms with Crippen LogP contribution in [0.4, 0.5) is 5.95 Å². The summed E-state index contributed by atoms with van der Waals surface area (Å²) in [5.41, 5.74) is 3.18. The molecule has 1 aliphatic carbocycles. The molecule has 1 aromatic carbocycles. The summed E-state index contributed by atoms with van der Waals surface area (Å²) in [6.45, 7) is 1.59. The molecule has 1 unspecified atom stereocenters. The maximum absolute atomic E-state index is 12.9. The molecule has 1 amide bonds. The zero-order valence-corrected chi connectivity index (χ0v) is 14.9. The normalized spacial score (nSPS) is 22.1. The van der Waals surface area contributed by atoms with Crippen LogP contribution in [0.2, 0.25) is 0 Å². The number of hydrogen-bond acceptors (Lipinski definition) is 4. The van der Waals surface area contributed by atoms with Crippen molar-refractivity contribution < 1.29 is 4.79 Å². The van der Waals surface area contributed by atoms with Gasteiger partial charge in [0.25, 0.3) is 5.91 Å². The molecule has 1 fully saturated rings. The second-order valence-electron chi connectivity index (χ2n) is 7.41. The Morgan fingerprint density at radius 3 is 2.76 bits per heavy atom. The first-order valence-electron chi connectivity index (χ1n) is 8.97. The first-order chi connectivity index (χ1) is 12.1. The molecule has 130 valence electrons. The van der Waals surface area contributed by atoms with Gasteiger partial charge in [0.05, 0.1) is 5.69 Å². The summed E-state index contributed by atoms with van der Waals surface area (Å²) in [6.07, 6.45) is 6.18. The highest BCUT2D eigenvalue weighted by Crippen LogP contribution is 2.44. The van der Waals surface area contributed by atoms with Gasteiger partial charge in [-0.05, 0) is 43.4 Å². The van der Waals surface area contributed by atoms with Crippen LogP contribution >= 0.6 is 0 Å². The second kappa shape index (κ2) is 6.14. The largest absolute Gasteiger partial charge is 0.347 e. The Hall–Kier alpha value is -2.43. The van der Waals surface area contributed by atoms with Crippen molar-refractivity contribution in [2.45, 2.75) is 31.1 Å². The number of carbonyl (C=O) groups is 1. The molecule has 0 N–H and O–H groups in total. The van der Waals surface area contributed by atoms with Crippen LogP contribution in [0, 0.1) is 0 Å². The fourth-order valence-electron chi connectivity index (χ4n) is 4.21. The van der Waals surface area contributed by atoms with Gasteiger partial charge in [-0.1, -0.05) is 18.2 Å². The smallest absolute Gasteiger partial charge is 0.253 e. The van der Waals surface area contributed by atoms with E-state index in [0.29, 0.717) is 0 Å². The number of nitrogens with zero attached hydrogens (tertiary/aromatic N) is 4. The number of aromatic nitrogens is 2. The first kappa shape index (κ1) is 16.1. The SMILES string of the molecule is CN(C)c1ncc2c(n1)C1(CCCN(C(=O)c3ccccc3)C1)CC2.